The van der Waals surface area contributed by atoms with Crippen LogP contribution in [0.25, 0.3) is 0 Å². The van der Waals surface area contributed by atoms with E-state index >= 15 is 0 Å². The molecule has 0 bridgehead atoms. The highest BCUT2D eigenvalue weighted by Gasteiger charge is 2.33. The fourth-order valence-electron chi connectivity index (χ4n) is 1.87. The maximum Gasteiger partial charge on any atom is 0.160 e. The van der Waals surface area contributed by atoms with Crippen LogP contribution in [0, 0.1) is 5.92 Å². The number of hydrogen-bond donors (Lipinski definition) is 0. The fraction of sp³-hybridized carbons (Fsp3) is 0.909. The van der Waals surface area contributed by atoms with Crippen LogP contribution < -0.4 is 0 Å². The molecule has 1 rings (SSSR count). The number of ketones is 1. The van der Waals surface area contributed by atoms with E-state index in [4.69, 9.17) is 0 Å². The van der Waals surface area contributed by atoms with Gasteiger partial charge >= 0.3 is 0 Å². The molecule has 0 aromatic carbocycles. The predicted octanol–water partition coefficient (Wildman–Crippen LogP) is 1.96. The van der Waals surface area contributed by atoms with E-state index in [1.54, 1.807) is 0 Å². The zero-order chi connectivity index (χ0) is 11.5. The summed E-state index contributed by atoms with van der Waals surface area (Å²) in [6.45, 7) is 4.00. The third-order valence-corrected chi connectivity index (χ3v) is 5.08. The molecule has 1 fully saturated rings. The van der Waals surface area contributed by atoms with E-state index in [1.807, 2.05) is 13.8 Å². The Morgan fingerprint density at radius 1 is 1.33 bits per heavy atom. The lowest BCUT2D eigenvalue weighted by Gasteiger charge is -2.20. The summed E-state index contributed by atoms with van der Waals surface area (Å²) >= 11 is 0. The number of hydrogen-bond acceptors (Lipinski definition) is 3. The molecule has 0 N–H and O–H groups in total. The Labute approximate surface area is 92.2 Å². The van der Waals surface area contributed by atoms with E-state index in [1.165, 1.54) is 0 Å². The van der Waals surface area contributed by atoms with Gasteiger partial charge in [0.05, 0.1) is 5.75 Å². The molecule has 1 aliphatic carbocycles. The van der Waals surface area contributed by atoms with Crippen molar-refractivity contribution in [3.8, 4) is 0 Å². The van der Waals surface area contributed by atoms with Gasteiger partial charge in [-0.2, -0.15) is 0 Å². The van der Waals surface area contributed by atoms with Crippen LogP contribution >= 0.6 is 0 Å². The number of carbonyl (C=O) groups is 1. The molecule has 4 heteroatoms. The normalized spacial score (nSPS) is 23.4. The highest BCUT2D eigenvalue weighted by Crippen LogP contribution is 2.22. The van der Waals surface area contributed by atoms with Crippen molar-refractivity contribution in [2.45, 2.75) is 51.2 Å². The van der Waals surface area contributed by atoms with E-state index in [2.05, 4.69) is 0 Å². The first-order valence-electron chi connectivity index (χ1n) is 5.68. The van der Waals surface area contributed by atoms with Crippen LogP contribution in [0.2, 0.25) is 0 Å². The standard InChI is InChI=1S/C11H20O3S/c1-9(2)7-8-15(13,14)11-6-4-3-5-10(11)12/h9,11H,3-8H2,1-2H3. The van der Waals surface area contributed by atoms with Gasteiger partial charge in [0.2, 0.25) is 0 Å². The Morgan fingerprint density at radius 3 is 2.53 bits per heavy atom. The van der Waals surface area contributed by atoms with Crippen molar-refractivity contribution in [2.75, 3.05) is 5.75 Å². The molecule has 1 atom stereocenters. The van der Waals surface area contributed by atoms with Gasteiger partial charge in [0.15, 0.2) is 15.6 Å². The van der Waals surface area contributed by atoms with Crippen molar-refractivity contribution >= 4 is 15.6 Å². The summed E-state index contributed by atoms with van der Waals surface area (Å²) < 4.78 is 23.8. The third kappa shape index (κ3) is 3.59. The van der Waals surface area contributed by atoms with Gasteiger partial charge in [0.1, 0.15) is 5.25 Å². The van der Waals surface area contributed by atoms with Crippen molar-refractivity contribution in [1.29, 1.82) is 0 Å². The smallest absolute Gasteiger partial charge is 0.160 e. The van der Waals surface area contributed by atoms with Crippen LogP contribution in [-0.4, -0.2) is 25.2 Å². The van der Waals surface area contributed by atoms with Gasteiger partial charge in [0.25, 0.3) is 0 Å². The molecule has 15 heavy (non-hydrogen) atoms. The minimum Gasteiger partial charge on any atom is -0.298 e. The van der Waals surface area contributed by atoms with Crippen LogP contribution in [0.15, 0.2) is 0 Å². The highest BCUT2D eigenvalue weighted by molar-refractivity contribution is 7.92. The zero-order valence-corrected chi connectivity index (χ0v) is 10.3. The number of Topliss-reactive ketones (excluding diaryl/α,β-unsaturated/α-hetero) is 1. The molecule has 3 nitrogen and oxygen atoms in total. The molecule has 0 spiro atoms. The van der Waals surface area contributed by atoms with E-state index < -0.39 is 15.1 Å². The van der Waals surface area contributed by atoms with E-state index in [0.29, 0.717) is 25.2 Å². The molecular formula is C11H20O3S. The first kappa shape index (κ1) is 12.7. The summed E-state index contributed by atoms with van der Waals surface area (Å²) in [6, 6.07) is 0. The third-order valence-electron chi connectivity index (χ3n) is 2.91. The van der Waals surface area contributed by atoms with E-state index in [0.717, 1.165) is 12.8 Å². The monoisotopic (exact) mass is 232 g/mol. The summed E-state index contributed by atoms with van der Waals surface area (Å²) in [5.41, 5.74) is 0. The summed E-state index contributed by atoms with van der Waals surface area (Å²) in [6.07, 6.45) is 3.38. The second kappa shape index (κ2) is 5.10. The van der Waals surface area contributed by atoms with Crippen molar-refractivity contribution in [1.82, 2.24) is 0 Å². The SMILES string of the molecule is CC(C)CCS(=O)(=O)C1CCCCC1=O. The van der Waals surface area contributed by atoms with Crippen LogP contribution in [0.4, 0.5) is 0 Å². The molecule has 0 radical (unpaired) electrons. The van der Waals surface area contributed by atoms with Crippen molar-refractivity contribution in [3.05, 3.63) is 0 Å². The minimum absolute atomic E-state index is 0.0648. The van der Waals surface area contributed by atoms with Crippen LogP contribution in [0.1, 0.15) is 46.0 Å². The molecule has 0 amide bonds. The minimum atomic E-state index is -3.18. The molecule has 1 unspecified atom stereocenters. The largest absolute Gasteiger partial charge is 0.298 e. The van der Waals surface area contributed by atoms with Crippen molar-refractivity contribution in [3.63, 3.8) is 0 Å². The fourth-order valence-corrected chi connectivity index (χ4v) is 4.00. The average molecular weight is 232 g/mol. The Hall–Kier alpha value is -0.380. The lowest BCUT2D eigenvalue weighted by molar-refractivity contribution is -0.119. The summed E-state index contributed by atoms with van der Waals surface area (Å²) in [5.74, 6) is 0.477. The first-order valence-corrected chi connectivity index (χ1v) is 7.39. The molecule has 1 saturated carbocycles. The van der Waals surface area contributed by atoms with Gasteiger partial charge in [-0.3, -0.25) is 4.79 Å². The van der Waals surface area contributed by atoms with Crippen LogP contribution in [-0.2, 0) is 14.6 Å². The topological polar surface area (TPSA) is 51.2 Å². The van der Waals surface area contributed by atoms with E-state index in [9.17, 15) is 13.2 Å². The number of sulfone groups is 1. The predicted molar refractivity (Wildman–Crippen MR) is 60.5 cm³/mol. The summed E-state index contributed by atoms with van der Waals surface area (Å²) in [7, 11) is -3.18. The Bertz CT molecular complexity index is 317. The van der Waals surface area contributed by atoms with Gasteiger partial charge in [-0.15, -0.1) is 0 Å². The number of rotatable bonds is 4. The second-order valence-corrected chi connectivity index (χ2v) is 7.05. The molecule has 0 aromatic rings. The van der Waals surface area contributed by atoms with E-state index in [-0.39, 0.29) is 11.5 Å². The molecule has 0 saturated heterocycles. The maximum atomic E-state index is 11.9. The molecule has 1 aliphatic rings. The lowest BCUT2D eigenvalue weighted by atomic mass is 9.99. The quantitative estimate of drug-likeness (QED) is 0.744. The molecular weight excluding hydrogens is 212 g/mol. The maximum absolute atomic E-state index is 11.9. The van der Waals surface area contributed by atoms with Gasteiger partial charge < -0.3 is 0 Å². The zero-order valence-electron chi connectivity index (χ0n) is 9.53. The van der Waals surface area contributed by atoms with Gasteiger partial charge in [-0.1, -0.05) is 20.3 Å². The summed E-state index contributed by atoms with van der Waals surface area (Å²) in [5, 5.41) is -0.690. The molecule has 0 aliphatic heterocycles. The number of carbonyl (C=O) groups excluding carboxylic acids is 1. The summed E-state index contributed by atoms with van der Waals surface area (Å²) in [4.78, 5) is 11.5. The molecule has 88 valence electrons. The Kier molecular flexibility index (Phi) is 4.32. The van der Waals surface area contributed by atoms with Gasteiger partial charge in [0, 0.05) is 6.42 Å². The second-order valence-electron chi connectivity index (χ2n) is 4.75. The van der Waals surface area contributed by atoms with Gasteiger partial charge in [-0.05, 0) is 25.2 Å². The average Bonchev–Trinajstić information content (AvgIpc) is 2.15. The van der Waals surface area contributed by atoms with Crippen molar-refractivity contribution < 1.29 is 13.2 Å². The van der Waals surface area contributed by atoms with Crippen LogP contribution in [0.5, 0.6) is 0 Å². The molecule has 0 aromatic heterocycles. The molecule has 0 heterocycles. The lowest BCUT2D eigenvalue weighted by Crippen LogP contribution is -2.34. The van der Waals surface area contributed by atoms with Crippen molar-refractivity contribution in [2.24, 2.45) is 5.92 Å². The van der Waals surface area contributed by atoms with Crippen LogP contribution in [0.3, 0.4) is 0 Å². The Balaban J connectivity index is 2.63. The first-order chi connectivity index (χ1) is 6.93. The highest BCUT2D eigenvalue weighted by atomic mass is 32.2. The van der Waals surface area contributed by atoms with Gasteiger partial charge in [-0.25, -0.2) is 8.42 Å². The Morgan fingerprint density at radius 2 is 2.00 bits per heavy atom.